The molecular formula is C15H21NO3. The van der Waals surface area contributed by atoms with E-state index < -0.39 is 12.1 Å². The molecule has 1 aromatic carbocycles. The van der Waals surface area contributed by atoms with Crippen molar-refractivity contribution < 1.29 is 14.6 Å². The molecule has 4 heteroatoms. The Morgan fingerprint density at radius 2 is 1.95 bits per heavy atom. The van der Waals surface area contributed by atoms with Gasteiger partial charge < -0.3 is 15.2 Å². The fourth-order valence-electron chi connectivity index (χ4n) is 2.24. The Labute approximate surface area is 113 Å². The molecule has 0 amide bonds. The summed E-state index contributed by atoms with van der Waals surface area (Å²) in [6, 6.07) is 4.50. The summed E-state index contributed by atoms with van der Waals surface area (Å²) >= 11 is 0. The van der Waals surface area contributed by atoms with Crippen molar-refractivity contribution in [2.24, 2.45) is 0 Å². The van der Waals surface area contributed by atoms with Gasteiger partial charge in [-0.3, -0.25) is 0 Å². The van der Waals surface area contributed by atoms with Crippen molar-refractivity contribution in [3.8, 4) is 5.75 Å². The highest BCUT2D eigenvalue weighted by molar-refractivity contribution is 5.73. The van der Waals surface area contributed by atoms with E-state index in [-0.39, 0.29) is 0 Å². The number of hydrogen-bond donors (Lipinski definition) is 2. The van der Waals surface area contributed by atoms with Crippen LogP contribution in [-0.2, 0) is 4.79 Å². The first kappa shape index (κ1) is 13.9. The van der Waals surface area contributed by atoms with Gasteiger partial charge >= 0.3 is 5.97 Å². The molecule has 0 heterocycles. The van der Waals surface area contributed by atoms with Crippen molar-refractivity contribution in [3.63, 3.8) is 0 Å². The Hall–Kier alpha value is -1.55. The summed E-state index contributed by atoms with van der Waals surface area (Å²) in [6.45, 7) is 6.27. The second kappa shape index (κ2) is 5.61. The van der Waals surface area contributed by atoms with E-state index in [9.17, 15) is 9.90 Å². The van der Waals surface area contributed by atoms with E-state index in [1.165, 1.54) is 0 Å². The van der Waals surface area contributed by atoms with Gasteiger partial charge in [-0.25, -0.2) is 4.79 Å². The third kappa shape index (κ3) is 3.70. The Bertz CT molecular complexity index is 457. The molecule has 1 fully saturated rings. The van der Waals surface area contributed by atoms with Gasteiger partial charge in [0.2, 0.25) is 6.10 Å². The molecule has 104 valence electrons. The predicted molar refractivity (Wildman–Crippen MR) is 73.7 cm³/mol. The highest BCUT2D eigenvalue weighted by atomic mass is 16.5. The van der Waals surface area contributed by atoms with Crippen LogP contribution in [0.3, 0.4) is 0 Å². The lowest BCUT2D eigenvalue weighted by molar-refractivity contribution is -0.144. The Morgan fingerprint density at radius 1 is 1.37 bits per heavy atom. The first-order chi connectivity index (χ1) is 8.97. The number of ether oxygens (including phenoxy) is 1. The Kier molecular flexibility index (Phi) is 4.10. The third-order valence-corrected chi connectivity index (χ3v) is 3.31. The molecule has 1 aliphatic carbocycles. The summed E-state index contributed by atoms with van der Waals surface area (Å²) in [5, 5.41) is 12.4. The van der Waals surface area contributed by atoms with Crippen molar-refractivity contribution in [1.29, 1.82) is 0 Å². The normalized spacial score (nSPS) is 16.2. The minimum absolute atomic E-state index is 0.354. The third-order valence-electron chi connectivity index (χ3n) is 3.31. The number of aliphatic carboxylic acids is 1. The van der Waals surface area contributed by atoms with Crippen molar-refractivity contribution >= 4 is 5.97 Å². The number of hydrogen-bond acceptors (Lipinski definition) is 3. The van der Waals surface area contributed by atoms with Crippen LogP contribution in [0.25, 0.3) is 0 Å². The molecule has 0 saturated heterocycles. The fourth-order valence-corrected chi connectivity index (χ4v) is 2.24. The standard InChI is InChI=1S/C15H21NO3/c1-9-6-10(2)14(11(3)7-9)19-13(15(17)18)8-16-12-4-5-12/h6-7,12-13,16H,4-5,8H2,1-3H3,(H,17,18). The molecule has 1 aromatic rings. The summed E-state index contributed by atoms with van der Waals surface area (Å²) < 4.78 is 5.71. The number of rotatable bonds is 6. The van der Waals surface area contributed by atoms with Crippen LogP contribution in [0.1, 0.15) is 29.5 Å². The summed E-state index contributed by atoms with van der Waals surface area (Å²) in [7, 11) is 0. The average molecular weight is 263 g/mol. The highest BCUT2D eigenvalue weighted by Gasteiger charge is 2.26. The lowest BCUT2D eigenvalue weighted by Gasteiger charge is -2.19. The zero-order chi connectivity index (χ0) is 14.0. The summed E-state index contributed by atoms with van der Waals surface area (Å²) in [5.74, 6) is -0.233. The van der Waals surface area contributed by atoms with Crippen LogP contribution < -0.4 is 10.1 Å². The second-order valence-electron chi connectivity index (χ2n) is 5.36. The van der Waals surface area contributed by atoms with Gasteiger partial charge in [0.15, 0.2) is 0 Å². The van der Waals surface area contributed by atoms with E-state index in [2.05, 4.69) is 5.32 Å². The van der Waals surface area contributed by atoms with Crippen LogP contribution in [0.15, 0.2) is 12.1 Å². The predicted octanol–water partition coefficient (Wildman–Crippen LogP) is 2.20. The maximum atomic E-state index is 11.3. The Morgan fingerprint density at radius 3 is 2.42 bits per heavy atom. The van der Waals surface area contributed by atoms with Gasteiger partial charge in [0.25, 0.3) is 0 Å². The maximum Gasteiger partial charge on any atom is 0.346 e. The minimum Gasteiger partial charge on any atom is -0.478 e. The minimum atomic E-state index is -0.924. The smallest absolute Gasteiger partial charge is 0.346 e. The molecule has 2 rings (SSSR count). The SMILES string of the molecule is Cc1cc(C)c(OC(CNC2CC2)C(=O)O)c(C)c1. The molecule has 1 atom stereocenters. The summed E-state index contributed by atoms with van der Waals surface area (Å²) in [6.07, 6.45) is 1.44. The molecule has 0 aliphatic heterocycles. The molecule has 1 unspecified atom stereocenters. The van der Waals surface area contributed by atoms with Gasteiger partial charge in [0.05, 0.1) is 0 Å². The van der Waals surface area contributed by atoms with Gasteiger partial charge in [-0.1, -0.05) is 17.7 Å². The molecule has 2 N–H and O–H groups in total. The van der Waals surface area contributed by atoms with Gasteiger partial charge in [-0.05, 0) is 44.7 Å². The number of aryl methyl sites for hydroxylation is 3. The van der Waals surface area contributed by atoms with Gasteiger partial charge in [0.1, 0.15) is 5.75 Å². The zero-order valence-electron chi connectivity index (χ0n) is 11.7. The molecule has 0 spiro atoms. The van der Waals surface area contributed by atoms with Gasteiger partial charge in [0, 0.05) is 12.6 Å². The molecule has 4 nitrogen and oxygen atoms in total. The van der Waals surface area contributed by atoms with Crippen molar-refractivity contribution in [2.75, 3.05) is 6.54 Å². The Balaban J connectivity index is 2.09. The van der Waals surface area contributed by atoms with E-state index in [0.717, 1.165) is 29.5 Å². The summed E-state index contributed by atoms with van der Waals surface area (Å²) in [4.78, 5) is 11.3. The van der Waals surface area contributed by atoms with E-state index in [1.807, 2.05) is 32.9 Å². The fraction of sp³-hybridized carbons (Fsp3) is 0.533. The number of carbonyl (C=O) groups is 1. The second-order valence-corrected chi connectivity index (χ2v) is 5.36. The van der Waals surface area contributed by atoms with Crippen LogP contribution in [0.4, 0.5) is 0 Å². The largest absolute Gasteiger partial charge is 0.478 e. The van der Waals surface area contributed by atoms with Crippen molar-refractivity contribution in [2.45, 2.75) is 45.8 Å². The average Bonchev–Trinajstić information content (AvgIpc) is 3.10. The molecular weight excluding hydrogens is 242 g/mol. The number of nitrogens with one attached hydrogen (secondary N) is 1. The summed E-state index contributed by atoms with van der Waals surface area (Å²) in [5.41, 5.74) is 3.12. The first-order valence-electron chi connectivity index (χ1n) is 6.68. The zero-order valence-corrected chi connectivity index (χ0v) is 11.7. The molecule has 1 saturated carbocycles. The lowest BCUT2D eigenvalue weighted by Crippen LogP contribution is -2.39. The molecule has 1 aliphatic rings. The quantitative estimate of drug-likeness (QED) is 0.826. The number of carboxylic acids is 1. The number of carboxylic acid groups (broad SMARTS) is 1. The van der Waals surface area contributed by atoms with Gasteiger partial charge in [-0.15, -0.1) is 0 Å². The number of benzene rings is 1. The van der Waals surface area contributed by atoms with E-state index in [4.69, 9.17) is 4.74 Å². The van der Waals surface area contributed by atoms with Crippen LogP contribution in [0.5, 0.6) is 5.75 Å². The van der Waals surface area contributed by atoms with E-state index in [0.29, 0.717) is 18.3 Å². The van der Waals surface area contributed by atoms with Crippen LogP contribution in [0, 0.1) is 20.8 Å². The van der Waals surface area contributed by atoms with E-state index >= 15 is 0 Å². The van der Waals surface area contributed by atoms with Crippen molar-refractivity contribution in [1.82, 2.24) is 5.32 Å². The van der Waals surface area contributed by atoms with E-state index in [1.54, 1.807) is 0 Å². The van der Waals surface area contributed by atoms with Gasteiger partial charge in [-0.2, -0.15) is 0 Å². The monoisotopic (exact) mass is 263 g/mol. The molecule has 0 aromatic heterocycles. The topological polar surface area (TPSA) is 58.6 Å². The first-order valence-corrected chi connectivity index (χ1v) is 6.68. The van der Waals surface area contributed by atoms with Crippen LogP contribution >= 0.6 is 0 Å². The molecule has 0 bridgehead atoms. The van der Waals surface area contributed by atoms with Crippen LogP contribution in [-0.4, -0.2) is 29.8 Å². The van der Waals surface area contributed by atoms with Crippen molar-refractivity contribution in [3.05, 3.63) is 28.8 Å². The van der Waals surface area contributed by atoms with Crippen LogP contribution in [0.2, 0.25) is 0 Å². The molecule has 19 heavy (non-hydrogen) atoms. The lowest BCUT2D eigenvalue weighted by atomic mass is 10.1. The maximum absolute atomic E-state index is 11.3. The molecule has 0 radical (unpaired) electrons. The highest BCUT2D eigenvalue weighted by Crippen LogP contribution is 2.26.